The molecule has 1 aliphatic heterocycles. The highest BCUT2D eigenvalue weighted by molar-refractivity contribution is 6.07. The van der Waals surface area contributed by atoms with Crippen molar-refractivity contribution in [2.75, 3.05) is 7.11 Å². The van der Waals surface area contributed by atoms with Crippen LogP contribution in [-0.2, 0) is 10.3 Å². The van der Waals surface area contributed by atoms with Gasteiger partial charge in [-0.3, -0.25) is 14.9 Å². The average Bonchev–Trinajstić information content (AvgIpc) is 2.98. The number of nitro benzene ring substituents is 1. The van der Waals surface area contributed by atoms with Gasteiger partial charge < -0.3 is 15.2 Å². The number of phenols is 1. The van der Waals surface area contributed by atoms with Gasteiger partial charge >= 0.3 is 11.7 Å². The first kappa shape index (κ1) is 19.8. The van der Waals surface area contributed by atoms with Crippen molar-refractivity contribution in [3.8, 4) is 11.5 Å². The van der Waals surface area contributed by atoms with Gasteiger partial charge in [0.2, 0.25) is 5.75 Å². The van der Waals surface area contributed by atoms with Crippen molar-refractivity contribution in [1.29, 1.82) is 0 Å². The van der Waals surface area contributed by atoms with Gasteiger partial charge in [-0.05, 0) is 18.1 Å². The normalized spacial score (nSPS) is 18.9. The van der Waals surface area contributed by atoms with Crippen molar-refractivity contribution >= 4 is 23.8 Å². The van der Waals surface area contributed by atoms with Gasteiger partial charge in [0.25, 0.3) is 5.91 Å². The van der Waals surface area contributed by atoms with Crippen molar-refractivity contribution in [1.82, 2.24) is 10.3 Å². The zero-order chi connectivity index (χ0) is 21.2. The van der Waals surface area contributed by atoms with Crippen molar-refractivity contribution in [2.24, 2.45) is 5.10 Å². The van der Waals surface area contributed by atoms with Crippen molar-refractivity contribution < 1.29 is 24.4 Å². The Labute approximate surface area is 165 Å². The summed E-state index contributed by atoms with van der Waals surface area (Å²) in [5, 5.41) is 28.2. The lowest BCUT2D eigenvalue weighted by Gasteiger charge is -2.24. The molecule has 1 heterocycles. The number of hydrogen-bond acceptors (Lipinski definition) is 7. The summed E-state index contributed by atoms with van der Waals surface area (Å²) in [4.78, 5) is 35.7. The molecule has 2 aromatic carbocycles. The quantitative estimate of drug-likeness (QED) is 0.332. The van der Waals surface area contributed by atoms with Crippen LogP contribution in [0.2, 0.25) is 0 Å². The molecule has 1 atom stereocenters. The molecular formula is C19H18N4O6. The van der Waals surface area contributed by atoms with Crippen molar-refractivity contribution in [3.63, 3.8) is 0 Å². The maximum atomic E-state index is 13.0. The number of ether oxygens (including phenoxy) is 1. The molecule has 2 N–H and O–H groups in total. The third kappa shape index (κ3) is 3.35. The third-order valence-electron chi connectivity index (χ3n) is 4.68. The van der Waals surface area contributed by atoms with Gasteiger partial charge in [0, 0.05) is 11.6 Å². The smallest absolute Gasteiger partial charge is 0.346 e. The number of phenolic OH excluding ortho intramolecular Hbond substituents is 1. The number of amides is 3. The third-order valence-corrected chi connectivity index (χ3v) is 4.68. The van der Waals surface area contributed by atoms with Gasteiger partial charge in [-0.1, -0.05) is 37.3 Å². The van der Waals surface area contributed by atoms with E-state index in [2.05, 4.69) is 10.4 Å². The van der Waals surface area contributed by atoms with Gasteiger partial charge in [0.05, 0.1) is 18.2 Å². The minimum absolute atomic E-state index is 0.134. The summed E-state index contributed by atoms with van der Waals surface area (Å²) in [5.41, 5.74) is -1.04. The van der Waals surface area contributed by atoms with Crippen LogP contribution in [-0.4, -0.2) is 40.3 Å². The van der Waals surface area contributed by atoms with Crippen molar-refractivity contribution in [2.45, 2.75) is 18.9 Å². The highest BCUT2D eigenvalue weighted by Gasteiger charge is 2.51. The number of urea groups is 1. The molecule has 150 valence electrons. The van der Waals surface area contributed by atoms with Crippen LogP contribution in [0.25, 0.3) is 0 Å². The summed E-state index contributed by atoms with van der Waals surface area (Å²) in [7, 11) is 1.24. The molecular weight excluding hydrogens is 380 g/mol. The van der Waals surface area contributed by atoms with Gasteiger partial charge in [0.1, 0.15) is 5.54 Å². The highest BCUT2D eigenvalue weighted by atomic mass is 16.6. The minimum atomic E-state index is -1.24. The van der Waals surface area contributed by atoms with E-state index in [0.717, 1.165) is 12.3 Å². The van der Waals surface area contributed by atoms with Gasteiger partial charge in [0.15, 0.2) is 5.75 Å². The molecule has 1 fully saturated rings. The number of hydrogen-bond donors (Lipinski definition) is 2. The van der Waals surface area contributed by atoms with Crippen LogP contribution in [0.5, 0.6) is 11.5 Å². The van der Waals surface area contributed by atoms with Crippen LogP contribution in [0.3, 0.4) is 0 Å². The SMILES string of the molecule is CC[C@]1(c2ccccc2)NC(=O)N(/N=C\c2cc(OC)c(O)c([N+](=O)[O-])c2)C1=O. The van der Waals surface area contributed by atoms with E-state index in [1.54, 1.807) is 37.3 Å². The van der Waals surface area contributed by atoms with E-state index in [0.29, 0.717) is 17.0 Å². The number of imide groups is 1. The zero-order valence-corrected chi connectivity index (χ0v) is 15.7. The predicted molar refractivity (Wildman–Crippen MR) is 103 cm³/mol. The Hall–Kier alpha value is -3.95. The highest BCUT2D eigenvalue weighted by Crippen LogP contribution is 2.37. The Morgan fingerprint density at radius 2 is 2.00 bits per heavy atom. The Morgan fingerprint density at radius 3 is 2.59 bits per heavy atom. The van der Waals surface area contributed by atoms with Gasteiger partial charge in [-0.25, -0.2) is 4.79 Å². The molecule has 3 amide bonds. The molecule has 29 heavy (non-hydrogen) atoms. The van der Waals surface area contributed by atoms with E-state index >= 15 is 0 Å². The largest absolute Gasteiger partial charge is 0.500 e. The summed E-state index contributed by atoms with van der Waals surface area (Å²) in [6.07, 6.45) is 1.43. The molecule has 0 spiro atoms. The van der Waals surface area contributed by atoms with Crippen LogP contribution in [0.1, 0.15) is 24.5 Å². The molecule has 2 aromatic rings. The summed E-state index contributed by atoms with van der Waals surface area (Å²) < 4.78 is 4.92. The first-order valence-electron chi connectivity index (χ1n) is 8.65. The number of nitrogens with zero attached hydrogens (tertiary/aromatic N) is 3. The number of rotatable bonds is 6. The van der Waals surface area contributed by atoms with E-state index in [1.807, 2.05) is 0 Å². The fraction of sp³-hybridized carbons (Fsp3) is 0.211. The molecule has 1 aliphatic rings. The molecule has 0 saturated carbocycles. The molecule has 0 radical (unpaired) electrons. The van der Waals surface area contributed by atoms with E-state index in [4.69, 9.17) is 4.74 Å². The molecule has 10 heteroatoms. The molecule has 1 saturated heterocycles. The monoisotopic (exact) mass is 398 g/mol. The van der Waals surface area contributed by atoms with Crippen LogP contribution < -0.4 is 10.1 Å². The first-order chi connectivity index (χ1) is 13.8. The second kappa shape index (κ2) is 7.58. The number of carbonyl (C=O) groups excluding carboxylic acids is 2. The zero-order valence-electron chi connectivity index (χ0n) is 15.7. The minimum Gasteiger partial charge on any atom is -0.500 e. The summed E-state index contributed by atoms with van der Waals surface area (Å²) in [5.74, 6) is -1.32. The van der Waals surface area contributed by atoms with E-state index in [9.17, 15) is 24.8 Å². The Morgan fingerprint density at radius 1 is 1.31 bits per heavy atom. The number of benzene rings is 2. The number of aromatic hydroxyl groups is 1. The lowest BCUT2D eigenvalue weighted by Crippen LogP contribution is -2.43. The Balaban J connectivity index is 1.96. The fourth-order valence-corrected chi connectivity index (χ4v) is 3.14. The average molecular weight is 398 g/mol. The van der Waals surface area contributed by atoms with Gasteiger partial charge in [-0.2, -0.15) is 5.10 Å². The summed E-state index contributed by atoms with van der Waals surface area (Å²) in [6.45, 7) is 1.77. The number of methoxy groups -OCH3 is 1. The second-order valence-electron chi connectivity index (χ2n) is 6.26. The molecule has 0 aromatic heterocycles. The van der Waals surface area contributed by atoms with Crippen LogP contribution in [0.4, 0.5) is 10.5 Å². The Kier molecular flexibility index (Phi) is 5.18. The van der Waals surface area contributed by atoms with E-state index < -0.39 is 33.8 Å². The first-order valence-corrected chi connectivity index (χ1v) is 8.65. The summed E-state index contributed by atoms with van der Waals surface area (Å²) in [6, 6.07) is 10.5. The molecule has 0 aliphatic carbocycles. The number of hydrazone groups is 1. The van der Waals surface area contributed by atoms with Crippen LogP contribution in [0.15, 0.2) is 47.6 Å². The maximum absolute atomic E-state index is 13.0. The topological polar surface area (TPSA) is 134 Å². The molecule has 3 rings (SSSR count). The van der Waals surface area contributed by atoms with E-state index in [-0.39, 0.29) is 11.3 Å². The Bertz CT molecular complexity index is 1010. The number of nitro groups is 1. The predicted octanol–water partition coefficient (Wildman–Crippen LogP) is 2.50. The maximum Gasteiger partial charge on any atom is 0.346 e. The lowest BCUT2D eigenvalue weighted by molar-refractivity contribution is -0.386. The number of nitrogens with one attached hydrogen (secondary N) is 1. The fourth-order valence-electron chi connectivity index (χ4n) is 3.14. The van der Waals surface area contributed by atoms with Crippen molar-refractivity contribution in [3.05, 3.63) is 63.7 Å². The van der Waals surface area contributed by atoms with Crippen LogP contribution in [0, 0.1) is 10.1 Å². The van der Waals surface area contributed by atoms with Gasteiger partial charge in [-0.15, -0.1) is 5.01 Å². The number of carbonyl (C=O) groups is 2. The second-order valence-corrected chi connectivity index (χ2v) is 6.26. The summed E-state index contributed by atoms with van der Waals surface area (Å²) >= 11 is 0. The molecule has 0 bridgehead atoms. The standard InChI is InChI=1S/C19H18N4O6/c1-3-19(13-7-5-4-6-8-13)17(25)22(18(26)21-19)20-11-12-9-14(23(27)28)16(24)15(10-12)29-2/h4-11,24H,3H2,1-2H3,(H,21,26)/b20-11-/t19-/m1/s1. The van der Waals surface area contributed by atoms with Crippen LogP contribution >= 0.6 is 0 Å². The molecule has 10 nitrogen and oxygen atoms in total. The van der Waals surface area contributed by atoms with E-state index in [1.165, 1.54) is 13.2 Å². The lowest BCUT2D eigenvalue weighted by atomic mass is 9.87. The molecule has 0 unspecified atom stereocenters.